The van der Waals surface area contributed by atoms with Gasteiger partial charge in [-0.1, -0.05) is 199 Å². The normalized spacial score (nSPS) is 12.3. The highest BCUT2D eigenvalue weighted by atomic mass is 16.3. The predicted octanol–water partition coefficient (Wildman–Crippen LogP) is 21.3. The van der Waals surface area contributed by atoms with E-state index in [2.05, 4.69) is 270 Å². The van der Waals surface area contributed by atoms with E-state index in [4.69, 9.17) is 8.83 Å². The molecule has 0 fully saturated rings. The zero-order chi connectivity index (χ0) is 51.5. The Morgan fingerprint density at radius 3 is 1.03 bits per heavy atom. The van der Waals surface area contributed by atoms with Crippen LogP contribution in [0.5, 0.6) is 0 Å². The molecule has 366 valence electrons. The van der Waals surface area contributed by atoms with Gasteiger partial charge in [0.15, 0.2) is 0 Å². The zero-order valence-corrected chi connectivity index (χ0v) is 43.7. The lowest BCUT2D eigenvalue weighted by atomic mass is 9.77. The summed E-state index contributed by atoms with van der Waals surface area (Å²) in [5, 5.41) is 12.0. The van der Waals surface area contributed by atoms with Crippen LogP contribution in [0.4, 0.5) is 34.1 Å². The van der Waals surface area contributed by atoms with Gasteiger partial charge in [0.1, 0.15) is 22.3 Å². The van der Waals surface area contributed by atoms with Crippen molar-refractivity contribution in [1.29, 1.82) is 0 Å². The van der Waals surface area contributed by atoms with Gasteiger partial charge in [-0.3, -0.25) is 0 Å². The second-order valence-corrected chi connectivity index (χ2v) is 22.5. The first-order valence-corrected chi connectivity index (χ1v) is 26.5. The third-order valence-corrected chi connectivity index (χ3v) is 15.7. The molecule has 2 aromatic heterocycles. The lowest BCUT2D eigenvalue weighted by molar-refractivity contribution is 0.595. The summed E-state index contributed by atoms with van der Waals surface area (Å²) in [5.74, 6) is 0. The van der Waals surface area contributed by atoms with Crippen molar-refractivity contribution in [1.82, 2.24) is 0 Å². The molecule has 0 aliphatic rings. The SMILES string of the molecule is CC(C)(C)c1cc(N(c2ccccc2)c2ccc(-c3cccc4c3oc3ccccc34)cc2)c2ccc3c(C(C)(C)C)cc(N(c4ccccc4)c4ccc(-c5cccc6c5oc5ccccc56)cc4)c4ccc1c2c43. The number of hydrogen-bond donors (Lipinski definition) is 0. The quantitative estimate of drug-likeness (QED) is 0.142. The Bertz CT molecular complexity index is 4220. The number of furan rings is 2. The maximum atomic E-state index is 6.53. The molecule has 0 unspecified atom stereocenters. The standard InChI is InChI=1S/C72H56N2O2/c1-71(2,3)61-43-63(73(47-19-9-7-10-20-47)49-35-31-45(32-36-49)51-25-17-27-55-53-23-13-15-29-65(53)75-69(51)55)59-42-40-58-62(72(4,5)6)44-64(60-41-39-57(61)67(59)68(58)60)74(48-21-11-8-12-22-48)50-37-33-46(34-38-50)52-26-18-28-56-54-24-14-16-30-66(54)76-70(52)56/h7-44H,1-6H3. The fourth-order valence-electron chi connectivity index (χ4n) is 12.1. The largest absolute Gasteiger partial charge is 0.455 e. The van der Waals surface area contributed by atoms with Crippen molar-refractivity contribution in [2.45, 2.75) is 52.4 Å². The van der Waals surface area contributed by atoms with Crippen LogP contribution < -0.4 is 9.80 Å². The molecule has 0 saturated carbocycles. The fourth-order valence-corrected chi connectivity index (χ4v) is 12.1. The van der Waals surface area contributed by atoms with Crippen LogP contribution in [0.3, 0.4) is 0 Å². The van der Waals surface area contributed by atoms with Gasteiger partial charge < -0.3 is 18.6 Å². The van der Waals surface area contributed by atoms with E-state index in [0.717, 1.165) is 100 Å². The molecule has 0 atom stereocenters. The van der Waals surface area contributed by atoms with Crippen LogP contribution in [0.25, 0.3) is 98.4 Å². The summed E-state index contributed by atoms with van der Waals surface area (Å²) in [6.07, 6.45) is 0. The average Bonchev–Trinajstić information content (AvgIpc) is 4.17. The van der Waals surface area contributed by atoms with E-state index < -0.39 is 0 Å². The maximum absolute atomic E-state index is 6.53. The van der Waals surface area contributed by atoms with E-state index in [1.54, 1.807) is 0 Å². The molecule has 14 aromatic rings. The van der Waals surface area contributed by atoms with Crippen LogP contribution in [0.1, 0.15) is 52.7 Å². The Morgan fingerprint density at radius 1 is 0.289 bits per heavy atom. The van der Waals surface area contributed by atoms with Gasteiger partial charge in [-0.25, -0.2) is 0 Å². The third kappa shape index (κ3) is 7.27. The fraction of sp³-hybridized carbons (Fsp3) is 0.111. The molecule has 0 amide bonds. The molecule has 0 bridgehead atoms. The van der Waals surface area contributed by atoms with Crippen LogP contribution >= 0.6 is 0 Å². The van der Waals surface area contributed by atoms with Gasteiger partial charge >= 0.3 is 0 Å². The van der Waals surface area contributed by atoms with E-state index in [9.17, 15) is 0 Å². The van der Waals surface area contributed by atoms with E-state index in [-0.39, 0.29) is 10.8 Å². The van der Waals surface area contributed by atoms with E-state index >= 15 is 0 Å². The van der Waals surface area contributed by atoms with Crippen molar-refractivity contribution in [2.75, 3.05) is 9.80 Å². The van der Waals surface area contributed by atoms with Crippen molar-refractivity contribution in [3.63, 3.8) is 0 Å². The molecule has 0 aliphatic heterocycles. The van der Waals surface area contributed by atoms with E-state index in [1.165, 1.54) is 43.4 Å². The highest BCUT2D eigenvalue weighted by molar-refractivity contribution is 6.29. The summed E-state index contributed by atoms with van der Waals surface area (Å²) >= 11 is 0. The number of para-hydroxylation sites is 6. The second-order valence-electron chi connectivity index (χ2n) is 22.5. The summed E-state index contributed by atoms with van der Waals surface area (Å²) in [7, 11) is 0. The molecule has 0 aliphatic carbocycles. The van der Waals surface area contributed by atoms with Crippen LogP contribution in [-0.4, -0.2) is 0 Å². The monoisotopic (exact) mass is 980 g/mol. The Labute approximate surface area is 443 Å². The molecule has 4 heteroatoms. The van der Waals surface area contributed by atoms with Crippen LogP contribution in [0.2, 0.25) is 0 Å². The van der Waals surface area contributed by atoms with Gasteiger partial charge in [0.25, 0.3) is 0 Å². The van der Waals surface area contributed by atoms with Crippen molar-refractivity contribution in [3.05, 3.63) is 242 Å². The molecule has 0 saturated heterocycles. The summed E-state index contributed by atoms with van der Waals surface area (Å²) in [6.45, 7) is 14.1. The molecule has 0 spiro atoms. The predicted molar refractivity (Wildman–Crippen MR) is 322 cm³/mol. The Hall–Kier alpha value is -9.12. The van der Waals surface area contributed by atoms with Crippen molar-refractivity contribution in [3.8, 4) is 22.3 Å². The molecular weight excluding hydrogens is 925 g/mol. The Balaban J connectivity index is 0.983. The number of benzene rings is 12. The number of rotatable bonds is 8. The summed E-state index contributed by atoms with van der Waals surface area (Å²) in [4.78, 5) is 4.92. The summed E-state index contributed by atoms with van der Waals surface area (Å²) < 4.78 is 13.1. The van der Waals surface area contributed by atoms with Crippen molar-refractivity contribution >= 4 is 110 Å². The minimum Gasteiger partial charge on any atom is -0.455 e. The van der Waals surface area contributed by atoms with Gasteiger partial charge in [0.2, 0.25) is 0 Å². The smallest absolute Gasteiger partial charge is 0.143 e. The molecule has 76 heavy (non-hydrogen) atoms. The topological polar surface area (TPSA) is 32.8 Å². The zero-order valence-electron chi connectivity index (χ0n) is 43.7. The minimum absolute atomic E-state index is 0.186. The van der Waals surface area contributed by atoms with Crippen molar-refractivity contribution < 1.29 is 8.83 Å². The summed E-state index contributed by atoms with van der Waals surface area (Å²) in [5.41, 5.74) is 16.8. The third-order valence-electron chi connectivity index (χ3n) is 15.7. The molecule has 14 rings (SSSR count). The Morgan fingerprint density at radius 2 is 0.632 bits per heavy atom. The first kappa shape index (κ1) is 45.5. The maximum Gasteiger partial charge on any atom is 0.143 e. The van der Waals surface area contributed by atoms with Crippen LogP contribution in [-0.2, 0) is 10.8 Å². The summed E-state index contributed by atoms with van der Waals surface area (Å²) in [6, 6.07) is 83.9. The average molecular weight is 981 g/mol. The highest BCUT2D eigenvalue weighted by Gasteiger charge is 2.30. The molecule has 12 aromatic carbocycles. The minimum atomic E-state index is -0.186. The number of anilines is 6. The highest BCUT2D eigenvalue weighted by Crippen LogP contribution is 2.52. The van der Waals surface area contributed by atoms with Gasteiger partial charge in [0, 0.05) is 66.2 Å². The first-order valence-electron chi connectivity index (χ1n) is 26.5. The lowest BCUT2D eigenvalue weighted by Crippen LogP contribution is -2.17. The second kappa shape index (κ2) is 17.2. The number of nitrogens with zero attached hydrogens (tertiary/aromatic N) is 2. The molecule has 2 heterocycles. The van der Waals surface area contributed by atoms with Crippen molar-refractivity contribution in [2.24, 2.45) is 0 Å². The van der Waals surface area contributed by atoms with Crippen LogP contribution in [0, 0.1) is 0 Å². The molecule has 4 nitrogen and oxygen atoms in total. The Kier molecular flexibility index (Phi) is 10.3. The van der Waals surface area contributed by atoms with Gasteiger partial charge in [-0.05, 0) is 127 Å². The number of hydrogen-bond acceptors (Lipinski definition) is 4. The van der Waals surface area contributed by atoms with E-state index in [0.29, 0.717) is 0 Å². The van der Waals surface area contributed by atoms with E-state index in [1.807, 2.05) is 12.1 Å². The molecule has 0 N–H and O–H groups in total. The molecular formula is C72H56N2O2. The first-order chi connectivity index (χ1) is 37.0. The molecule has 0 radical (unpaired) electrons. The van der Waals surface area contributed by atoms with Gasteiger partial charge in [-0.2, -0.15) is 0 Å². The lowest BCUT2D eigenvalue weighted by Gasteiger charge is -2.33. The number of fused-ring (bicyclic) bond motifs is 6. The van der Waals surface area contributed by atoms with Gasteiger partial charge in [0.05, 0.1) is 11.4 Å². The van der Waals surface area contributed by atoms with Crippen LogP contribution in [0.15, 0.2) is 239 Å². The van der Waals surface area contributed by atoms with Gasteiger partial charge in [-0.15, -0.1) is 0 Å².